The molecule has 3 heterocycles. The molecule has 27 heavy (non-hydrogen) atoms. The Labute approximate surface area is 164 Å². The number of hydrogen-bond donors (Lipinski definition) is 1. The van der Waals surface area contributed by atoms with E-state index in [0.29, 0.717) is 17.3 Å². The van der Waals surface area contributed by atoms with Crippen molar-refractivity contribution in [3.8, 4) is 10.6 Å². The largest absolute Gasteiger partial charge is 0.349 e. The van der Waals surface area contributed by atoms with Gasteiger partial charge in [0.1, 0.15) is 4.21 Å². The predicted octanol–water partition coefficient (Wildman–Crippen LogP) is 2.76. The van der Waals surface area contributed by atoms with Crippen LogP contribution in [0.5, 0.6) is 0 Å². The Kier molecular flexibility index (Phi) is 5.78. The van der Waals surface area contributed by atoms with E-state index in [0.717, 1.165) is 10.6 Å². The van der Waals surface area contributed by atoms with Crippen molar-refractivity contribution in [1.29, 1.82) is 0 Å². The molecule has 0 aliphatic carbocycles. The smallest absolute Gasteiger partial charge is 0.252 e. The maximum Gasteiger partial charge on any atom is 0.252 e. The average Bonchev–Trinajstić information content (AvgIpc) is 3.16. The zero-order valence-electron chi connectivity index (χ0n) is 15.3. The fraction of sp³-hybridized carbons (Fsp3) is 0.368. The minimum atomic E-state index is -3.58. The Balaban J connectivity index is 1.79. The number of aromatic nitrogens is 1. The molecule has 2 aromatic heterocycles. The van der Waals surface area contributed by atoms with Gasteiger partial charge in [-0.3, -0.25) is 9.78 Å². The molecule has 1 N–H and O–H groups in total. The highest BCUT2D eigenvalue weighted by molar-refractivity contribution is 7.91. The first-order chi connectivity index (χ1) is 12.8. The topological polar surface area (TPSA) is 79.4 Å². The molecule has 2 atom stereocenters. The van der Waals surface area contributed by atoms with Gasteiger partial charge in [-0.2, -0.15) is 4.31 Å². The first-order valence-electron chi connectivity index (χ1n) is 8.77. The quantitative estimate of drug-likeness (QED) is 0.776. The molecule has 6 nitrogen and oxygen atoms in total. The summed E-state index contributed by atoms with van der Waals surface area (Å²) < 4.78 is 28.1. The highest BCUT2D eigenvalue weighted by Gasteiger charge is 2.38. The van der Waals surface area contributed by atoms with Crippen molar-refractivity contribution < 1.29 is 13.2 Å². The minimum absolute atomic E-state index is 0.00245. The number of carbonyl (C=O) groups is 1. The van der Waals surface area contributed by atoms with Crippen molar-refractivity contribution in [2.24, 2.45) is 11.8 Å². The molecule has 1 aliphatic rings. The van der Waals surface area contributed by atoms with Crippen LogP contribution in [-0.4, -0.2) is 42.7 Å². The first kappa shape index (κ1) is 19.7. The van der Waals surface area contributed by atoms with Crippen molar-refractivity contribution in [3.63, 3.8) is 0 Å². The van der Waals surface area contributed by atoms with E-state index in [4.69, 9.17) is 0 Å². The van der Waals surface area contributed by atoms with Crippen molar-refractivity contribution in [3.05, 3.63) is 49.2 Å². The summed E-state index contributed by atoms with van der Waals surface area (Å²) in [4.78, 5) is 16.7. The predicted molar refractivity (Wildman–Crippen MR) is 107 cm³/mol. The first-order valence-corrected chi connectivity index (χ1v) is 11.0. The third kappa shape index (κ3) is 4.12. The minimum Gasteiger partial charge on any atom is -0.349 e. The normalized spacial score (nSPS) is 23.7. The van der Waals surface area contributed by atoms with Crippen LogP contribution < -0.4 is 5.32 Å². The second-order valence-electron chi connectivity index (χ2n) is 6.85. The lowest BCUT2D eigenvalue weighted by Gasteiger charge is -2.40. The zero-order chi connectivity index (χ0) is 19.6. The van der Waals surface area contributed by atoms with Crippen LogP contribution in [0.25, 0.3) is 10.6 Å². The monoisotopic (exact) mass is 405 g/mol. The number of amides is 1. The molecule has 0 spiro atoms. The molecular weight excluding hydrogens is 382 g/mol. The molecule has 0 saturated carbocycles. The van der Waals surface area contributed by atoms with Gasteiger partial charge in [0, 0.05) is 25.3 Å². The molecule has 0 aromatic carbocycles. The number of nitrogens with zero attached hydrogens (tertiary/aromatic N) is 2. The number of rotatable bonds is 5. The van der Waals surface area contributed by atoms with Gasteiger partial charge in [-0.25, -0.2) is 8.42 Å². The van der Waals surface area contributed by atoms with Crippen LogP contribution in [-0.2, 0) is 14.8 Å². The standard InChI is InChI=1S/C19H23N3O3S2/c1-4-17(23)21-19-13(2)11-22(12-14(19)3)27(24,25)18-9-8-16(26-18)15-7-5-6-10-20-15/h4-10,13-14,19H,1,11-12H2,2-3H3,(H,21,23). The number of hydrogen-bond acceptors (Lipinski definition) is 5. The summed E-state index contributed by atoms with van der Waals surface area (Å²) in [7, 11) is -3.58. The molecule has 2 aromatic rings. The van der Waals surface area contributed by atoms with Crippen LogP contribution in [0.2, 0.25) is 0 Å². The Morgan fingerprint density at radius 3 is 2.56 bits per heavy atom. The van der Waals surface area contributed by atoms with E-state index < -0.39 is 10.0 Å². The van der Waals surface area contributed by atoms with Crippen LogP contribution in [0.15, 0.2) is 53.4 Å². The van der Waals surface area contributed by atoms with E-state index in [1.807, 2.05) is 32.0 Å². The summed E-state index contributed by atoms with van der Waals surface area (Å²) in [5, 5.41) is 2.92. The third-order valence-corrected chi connectivity index (χ3v) is 8.20. The van der Waals surface area contributed by atoms with Crippen molar-refractivity contribution in [2.75, 3.05) is 13.1 Å². The van der Waals surface area contributed by atoms with Crippen molar-refractivity contribution in [2.45, 2.75) is 24.1 Å². The fourth-order valence-electron chi connectivity index (χ4n) is 3.44. The summed E-state index contributed by atoms with van der Waals surface area (Å²) in [5.41, 5.74) is 0.761. The molecular formula is C19H23N3O3S2. The number of pyridine rings is 1. The summed E-state index contributed by atoms with van der Waals surface area (Å²) in [6, 6.07) is 8.93. The van der Waals surface area contributed by atoms with Gasteiger partial charge in [0.15, 0.2) is 0 Å². The third-order valence-electron chi connectivity index (χ3n) is 4.80. The average molecular weight is 406 g/mol. The van der Waals surface area contributed by atoms with Gasteiger partial charge in [-0.15, -0.1) is 11.3 Å². The second kappa shape index (κ2) is 7.92. The maximum atomic E-state index is 13.1. The summed E-state index contributed by atoms with van der Waals surface area (Å²) in [6.07, 6.45) is 2.93. The van der Waals surface area contributed by atoms with Crippen LogP contribution in [0, 0.1) is 11.8 Å². The molecule has 8 heteroatoms. The summed E-state index contributed by atoms with van der Waals surface area (Å²) in [6.45, 7) is 8.13. The zero-order valence-corrected chi connectivity index (χ0v) is 17.0. The number of nitrogens with one attached hydrogen (secondary N) is 1. The Morgan fingerprint density at radius 1 is 1.26 bits per heavy atom. The molecule has 1 amide bonds. The van der Waals surface area contributed by atoms with Crippen molar-refractivity contribution in [1.82, 2.24) is 14.6 Å². The van der Waals surface area contributed by atoms with E-state index in [2.05, 4.69) is 16.9 Å². The Hall–Kier alpha value is -2.03. The number of thiophene rings is 1. The highest BCUT2D eigenvalue weighted by Crippen LogP contribution is 2.33. The molecule has 0 radical (unpaired) electrons. The summed E-state index contributed by atoms with van der Waals surface area (Å²) in [5.74, 6) is -0.224. The molecule has 3 rings (SSSR count). The molecule has 1 saturated heterocycles. The molecule has 1 aliphatic heterocycles. The van der Waals surface area contributed by atoms with Gasteiger partial charge in [-0.1, -0.05) is 26.5 Å². The highest BCUT2D eigenvalue weighted by atomic mass is 32.2. The lowest BCUT2D eigenvalue weighted by Crippen LogP contribution is -2.55. The Morgan fingerprint density at radius 2 is 1.96 bits per heavy atom. The van der Waals surface area contributed by atoms with Crippen molar-refractivity contribution >= 4 is 27.3 Å². The molecule has 144 valence electrons. The van der Waals surface area contributed by atoms with Gasteiger partial charge in [0.25, 0.3) is 10.0 Å². The SMILES string of the molecule is C=CC(=O)NC1C(C)CN(S(=O)(=O)c2ccc(-c3ccccn3)s2)CC1C. The van der Waals surface area contributed by atoms with Gasteiger partial charge < -0.3 is 5.32 Å². The van der Waals surface area contributed by atoms with Gasteiger partial charge in [-0.05, 0) is 42.2 Å². The van der Waals surface area contributed by atoms with Crippen LogP contribution >= 0.6 is 11.3 Å². The van der Waals surface area contributed by atoms with E-state index >= 15 is 0 Å². The van der Waals surface area contributed by atoms with E-state index in [1.54, 1.807) is 18.3 Å². The van der Waals surface area contributed by atoms with Gasteiger partial charge >= 0.3 is 0 Å². The lowest BCUT2D eigenvalue weighted by atomic mass is 9.87. The van der Waals surface area contributed by atoms with Crippen LogP contribution in [0.3, 0.4) is 0 Å². The van der Waals surface area contributed by atoms with Gasteiger partial charge in [0.05, 0.1) is 10.6 Å². The number of carbonyl (C=O) groups excluding carboxylic acids is 1. The fourth-order valence-corrected chi connectivity index (χ4v) is 6.52. The van der Waals surface area contributed by atoms with E-state index in [-0.39, 0.29) is 23.8 Å². The number of sulfonamides is 1. The molecule has 0 bridgehead atoms. The summed E-state index contributed by atoms with van der Waals surface area (Å²) >= 11 is 1.23. The molecule has 2 unspecified atom stereocenters. The second-order valence-corrected chi connectivity index (χ2v) is 10.1. The molecule has 1 fully saturated rings. The van der Waals surface area contributed by atoms with E-state index in [1.165, 1.54) is 21.7 Å². The lowest BCUT2D eigenvalue weighted by molar-refractivity contribution is -0.118. The van der Waals surface area contributed by atoms with E-state index in [9.17, 15) is 13.2 Å². The van der Waals surface area contributed by atoms with Crippen LogP contribution in [0.4, 0.5) is 0 Å². The van der Waals surface area contributed by atoms with Gasteiger partial charge in [0.2, 0.25) is 5.91 Å². The van der Waals surface area contributed by atoms with Crippen LogP contribution in [0.1, 0.15) is 13.8 Å². The Bertz CT molecular complexity index is 913. The number of piperidine rings is 1. The maximum absolute atomic E-state index is 13.1.